The van der Waals surface area contributed by atoms with Crippen molar-refractivity contribution in [1.82, 2.24) is 9.80 Å². The molecule has 1 aliphatic rings. The summed E-state index contributed by atoms with van der Waals surface area (Å²) >= 11 is 6.01. The summed E-state index contributed by atoms with van der Waals surface area (Å²) in [6, 6.07) is 24.6. The number of carbonyl (C=O) groups is 1. The molecule has 4 rings (SSSR count). The van der Waals surface area contributed by atoms with Gasteiger partial charge < -0.3 is 9.64 Å². The molecular weight excluding hydrogens is 408 g/mol. The molecule has 1 saturated heterocycles. The summed E-state index contributed by atoms with van der Waals surface area (Å²) in [5.41, 5.74) is 5.90. The predicted octanol–water partition coefficient (Wildman–Crippen LogP) is 5.17. The Morgan fingerprint density at radius 1 is 1.00 bits per heavy atom. The van der Waals surface area contributed by atoms with Gasteiger partial charge in [0, 0.05) is 24.7 Å². The van der Waals surface area contributed by atoms with E-state index in [4.69, 9.17) is 16.3 Å². The zero-order chi connectivity index (χ0) is 21.8. The van der Waals surface area contributed by atoms with Crippen molar-refractivity contribution in [2.24, 2.45) is 0 Å². The SMILES string of the molecule is CN(C)Cc1cc(-c2ccccc2)ccc1CN1C[C@@H](c2ccc(Cl)cc2)OC1C=O. The molecule has 2 atom stereocenters. The van der Waals surface area contributed by atoms with Crippen LogP contribution in [0.4, 0.5) is 0 Å². The summed E-state index contributed by atoms with van der Waals surface area (Å²) in [6.07, 6.45) is 0.190. The van der Waals surface area contributed by atoms with Crippen LogP contribution in [0, 0.1) is 0 Å². The summed E-state index contributed by atoms with van der Waals surface area (Å²) in [6.45, 7) is 2.15. The largest absolute Gasteiger partial charge is 0.347 e. The average Bonchev–Trinajstić information content (AvgIpc) is 3.18. The number of hydrogen-bond acceptors (Lipinski definition) is 4. The lowest BCUT2D eigenvalue weighted by Gasteiger charge is -2.22. The maximum Gasteiger partial charge on any atom is 0.168 e. The molecule has 160 valence electrons. The van der Waals surface area contributed by atoms with Gasteiger partial charge in [0.15, 0.2) is 12.5 Å². The molecule has 1 heterocycles. The predicted molar refractivity (Wildman–Crippen MR) is 125 cm³/mol. The molecule has 3 aromatic rings. The molecule has 0 spiro atoms. The lowest BCUT2D eigenvalue weighted by atomic mass is 9.98. The first kappa shape index (κ1) is 21.7. The second kappa shape index (κ2) is 9.75. The fourth-order valence-electron chi connectivity index (χ4n) is 4.05. The fraction of sp³-hybridized carbons (Fsp3) is 0.269. The highest BCUT2D eigenvalue weighted by atomic mass is 35.5. The minimum Gasteiger partial charge on any atom is -0.347 e. The number of rotatable bonds is 7. The number of hydrogen-bond donors (Lipinski definition) is 0. The summed E-state index contributed by atoms with van der Waals surface area (Å²) in [7, 11) is 4.14. The Hall–Kier alpha value is -2.50. The van der Waals surface area contributed by atoms with Crippen LogP contribution < -0.4 is 0 Å². The van der Waals surface area contributed by atoms with E-state index in [1.807, 2.05) is 30.3 Å². The monoisotopic (exact) mass is 434 g/mol. The summed E-state index contributed by atoms with van der Waals surface area (Å²) < 4.78 is 6.04. The van der Waals surface area contributed by atoms with E-state index in [2.05, 4.69) is 66.4 Å². The van der Waals surface area contributed by atoms with Crippen molar-refractivity contribution in [3.8, 4) is 11.1 Å². The van der Waals surface area contributed by atoms with Gasteiger partial charge in [-0.05, 0) is 60.1 Å². The Morgan fingerprint density at radius 2 is 1.74 bits per heavy atom. The maximum atomic E-state index is 11.7. The zero-order valence-corrected chi connectivity index (χ0v) is 18.6. The summed E-state index contributed by atoms with van der Waals surface area (Å²) in [4.78, 5) is 16.0. The first-order valence-corrected chi connectivity index (χ1v) is 10.8. The first-order chi connectivity index (χ1) is 15.0. The highest BCUT2D eigenvalue weighted by Crippen LogP contribution is 2.31. The minimum atomic E-state index is -0.554. The lowest BCUT2D eigenvalue weighted by molar-refractivity contribution is -0.123. The summed E-state index contributed by atoms with van der Waals surface area (Å²) in [5.74, 6) is 0. The molecule has 0 N–H and O–H groups in total. The van der Waals surface area contributed by atoms with E-state index in [1.165, 1.54) is 22.3 Å². The van der Waals surface area contributed by atoms with E-state index < -0.39 is 6.23 Å². The van der Waals surface area contributed by atoms with Gasteiger partial charge >= 0.3 is 0 Å². The summed E-state index contributed by atoms with van der Waals surface area (Å²) in [5, 5.41) is 0.692. The molecule has 4 nitrogen and oxygen atoms in total. The van der Waals surface area contributed by atoms with E-state index in [-0.39, 0.29) is 6.10 Å². The number of nitrogens with zero attached hydrogens (tertiary/aromatic N) is 2. The molecule has 5 heteroatoms. The molecule has 1 aliphatic heterocycles. The van der Waals surface area contributed by atoms with Crippen molar-refractivity contribution in [1.29, 1.82) is 0 Å². The van der Waals surface area contributed by atoms with E-state index >= 15 is 0 Å². The Kier molecular flexibility index (Phi) is 6.83. The van der Waals surface area contributed by atoms with Crippen LogP contribution >= 0.6 is 11.6 Å². The standard InChI is InChI=1S/C26H27ClN2O2/c1-28(2)15-23-14-21(19-6-4-3-5-7-19)8-9-22(23)16-29-17-25(31-26(29)18-30)20-10-12-24(27)13-11-20/h3-14,18,25-26H,15-17H2,1-2H3/t25-,26?/m0/s1. The van der Waals surface area contributed by atoms with Crippen LogP contribution in [0.1, 0.15) is 22.8 Å². The molecule has 0 aromatic heterocycles. The third kappa shape index (κ3) is 5.23. The molecule has 31 heavy (non-hydrogen) atoms. The van der Waals surface area contributed by atoms with Crippen LogP contribution in [0.5, 0.6) is 0 Å². The van der Waals surface area contributed by atoms with Crippen molar-refractivity contribution >= 4 is 17.9 Å². The molecule has 0 radical (unpaired) electrons. The quantitative estimate of drug-likeness (QED) is 0.480. The molecule has 0 bridgehead atoms. The number of benzene rings is 3. The Balaban J connectivity index is 1.58. The topological polar surface area (TPSA) is 32.8 Å². The maximum absolute atomic E-state index is 11.7. The van der Waals surface area contributed by atoms with E-state index in [0.717, 1.165) is 18.4 Å². The molecule has 0 saturated carbocycles. The average molecular weight is 435 g/mol. The van der Waals surface area contributed by atoms with Gasteiger partial charge in [0.25, 0.3) is 0 Å². The lowest BCUT2D eigenvalue weighted by Crippen LogP contribution is -2.31. The van der Waals surface area contributed by atoms with E-state index in [1.54, 1.807) is 0 Å². The molecule has 0 aliphatic carbocycles. The molecular formula is C26H27ClN2O2. The van der Waals surface area contributed by atoms with Gasteiger partial charge in [0.1, 0.15) is 0 Å². The van der Waals surface area contributed by atoms with Crippen molar-refractivity contribution < 1.29 is 9.53 Å². The van der Waals surface area contributed by atoms with E-state index in [9.17, 15) is 4.79 Å². The molecule has 3 aromatic carbocycles. The highest BCUT2D eigenvalue weighted by Gasteiger charge is 2.33. The second-order valence-corrected chi connectivity index (χ2v) is 8.66. The fourth-order valence-corrected chi connectivity index (χ4v) is 4.17. The molecule has 1 unspecified atom stereocenters. The van der Waals surface area contributed by atoms with Gasteiger partial charge in [-0.25, -0.2) is 0 Å². The normalized spacial score (nSPS) is 19.1. The Morgan fingerprint density at radius 3 is 2.42 bits per heavy atom. The third-order valence-corrected chi connectivity index (χ3v) is 5.85. The van der Waals surface area contributed by atoms with Crippen LogP contribution in [0.15, 0.2) is 72.8 Å². The van der Waals surface area contributed by atoms with Crippen molar-refractivity contribution in [3.05, 3.63) is 94.5 Å². The van der Waals surface area contributed by atoms with Crippen LogP contribution in [0.25, 0.3) is 11.1 Å². The zero-order valence-electron chi connectivity index (χ0n) is 17.9. The number of ether oxygens (including phenoxy) is 1. The Labute approximate surface area is 189 Å². The first-order valence-electron chi connectivity index (χ1n) is 10.5. The van der Waals surface area contributed by atoms with Gasteiger partial charge in [-0.1, -0.05) is 66.2 Å². The minimum absolute atomic E-state index is 0.145. The number of aldehydes is 1. The van der Waals surface area contributed by atoms with Crippen molar-refractivity contribution in [3.63, 3.8) is 0 Å². The Bertz CT molecular complexity index is 1020. The van der Waals surface area contributed by atoms with Crippen LogP contribution in [0.2, 0.25) is 5.02 Å². The smallest absolute Gasteiger partial charge is 0.168 e. The number of carbonyl (C=O) groups excluding carboxylic acids is 1. The van der Waals surface area contributed by atoms with Crippen LogP contribution in [0.3, 0.4) is 0 Å². The molecule has 0 amide bonds. The molecule has 1 fully saturated rings. The van der Waals surface area contributed by atoms with Gasteiger partial charge in [0.2, 0.25) is 0 Å². The van der Waals surface area contributed by atoms with Crippen LogP contribution in [-0.4, -0.2) is 43.0 Å². The highest BCUT2D eigenvalue weighted by molar-refractivity contribution is 6.30. The van der Waals surface area contributed by atoms with Crippen molar-refractivity contribution in [2.45, 2.75) is 25.4 Å². The van der Waals surface area contributed by atoms with Gasteiger partial charge in [-0.15, -0.1) is 0 Å². The van der Waals surface area contributed by atoms with Gasteiger partial charge in [0.05, 0.1) is 6.10 Å². The number of halogens is 1. The van der Waals surface area contributed by atoms with E-state index in [0.29, 0.717) is 18.1 Å². The van der Waals surface area contributed by atoms with Crippen molar-refractivity contribution in [2.75, 3.05) is 20.6 Å². The van der Waals surface area contributed by atoms with Crippen LogP contribution in [-0.2, 0) is 22.6 Å². The third-order valence-electron chi connectivity index (χ3n) is 5.60. The van der Waals surface area contributed by atoms with Gasteiger partial charge in [-0.3, -0.25) is 9.69 Å². The second-order valence-electron chi connectivity index (χ2n) is 8.22. The van der Waals surface area contributed by atoms with Gasteiger partial charge in [-0.2, -0.15) is 0 Å².